The van der Waals surface area contributed by atoms with Crippen LogP contribution in [0.5, 0.6) is 5.75 Å². The minimum absolute atomic E-state index is 0. The van der Waals surface area contributed by atoms with E-state index in [1.807, 2.05) is 18.2 Å². The van der Waals surface area contributed by atoms with Crippen LogP contribution in [0.3, 0.4) is 0 Å². The fraction of sp³-hybridized carbons (Fsp3) is 0.632. The molecule has 0 bridgehead atoms. The highest BCUT2D eigenvalue weighted by Gasteiger charge is 2.12. The van der Waals surface area contributed by atoms with Crippen molar-refractivity contribution in [3.8, 4) is 5.75 Å². The van der Waals surface area contributed by atoms with Gasteiger partial charge in [0.2, 0.25) is 0 Å². The molecule has 0 saturated carbocycles. The van der Waals surface area contributed by atoms with Crippen LogP contribution in [0.2, 0.25) is 0 Å². The molecule has 0 aliphatic heterocycles. The minimum atomic E-state index is 0. The maximum atomic E-state index is 5.39. The molecule has 0 heterocycles. The number of nitrogens with zero attached hydrogens (tertiary/aromatic N) is 2. The Balaban J connectivity index is 0.00000576. The fourth-order valence-corrected chi connectivity index (χ4v) is 2.86. The second-order valence-corrected chi connectivity index (χ2v) is 6.41. The molecule has 0 unspecified atom stereocenters. The Morgan fingerprint density at radius 2 is 1.68 bits per heavy atom. The zero-order chi connectivity index (χ0) is 17.9. The number of nitrogens with one attached hydrogen (secondary N) is 2. The highest BCUT2D eigenvalue weighted by molar-refractivity contribution is 14.0. The molecule has 25 heavy (non-hydrogen) atoms. The Bertz CT molecular complexity index is 498. The van der Waals surface area contributed by atoms with E-state index in [1.54, 1.807) is 14.2 Å². The summed E-state index contributed by atoms with van der Waals surface area (Å²) in [5, 5.41) is 6.76. The first-order valence-corrected chi connectivity index (χ1v) is 8.81. The van der Waals surface area contributed by atoms with Crippen molar-refractivity contribution >= 4 is 29.9 Å². The van der Waals surface area contributed by atoms with E-state index in [-0.39, 0.29) is 24.0 Å². The zero-order valence-electron chi connectivity index (χ0n) is 16.5. The number of benzene rings is 1. The third-order valence-corrected chi connectivity index (χ3v) is 4.09. The van der Waals surface area contributed by atoms with Gasteiger partial charge in [-0.2, -0.15) is 0 Å². The van der Waals surface area contributed by atoms with Crippen molar-refractivity contribution in [3.63, 3.8) is 0 Å². The van der Waals surface area contributed by atoms with Gasteiger partial charge in [0, 0.05) is 38.8 Å². The molecule has 144 valence electrons. The number of hydrogen-bond acceptors (Lipinski definition) is 3. The summed E-state index contributed by atoms with van der Waals surface area (Å²) in [5.74, 6) is 1.78. The standard InChI is InChI=1S/C19H34N4O.HI/c1-15(2)23(16(3)4)14-13-22-19(20-5)21-12-11-17-9-7-8-10-18(17)24-6;/h7-10,15-16H,11-14H2,1-6H3,(H2,20,21,22);1H. The monoisotopic (exact) mass is 462 g/mol. The molecule has 1 rings (SSSR count). The molecule has 6 heteroatoms. The lowest BCUT2D eigenvalue weighted by Crippen LogP contribution is -2.45. The second-order valence-electron chi connectivity index (χ2n) is 6.41. The molecule has 0 fully saturated rings. The molecule has 0 saturated heterocycles. The number of ether oxygens (including phenoxy) is 1. The van der Waals surface area contributed by atoms with E-state index in [1.165, 1.54) is 5.56 Å². The van der Waals surface area contributed by atoms with Crippen molar-refractivity contribution in [1.82, 2.24) is 15.5 Å². The molecule has 2 N–H and O–H groups in total. The van der Waals surface area contributed by atoms with E-state index in [4.69, 9.17) is 4.74 Å². The molecule has 0 atom stereocenters. The lowest BCUT2D eigenvalue weighted by molar-refractivity contribution is 0.178. The van der Waals surface area contributed by atoms with E-state index in [9.17, 15) is 0 Å². The van der Waals surface area contributed by atoms with Crippen molar-refractivity contribution in [2.45, 2.75) is 46.2 Å². The van der Waals surface area contributed by atoms with Gasteiger partial charge >= 0.3 is 0 Å². The van der Waals surface area contributed by atoms with Gasteiger partial charge in [-0.3, -0.25) is 9.89 Å². The first-order valence-electron chi connectivity index (χ1n) is 8.81. The number of aliphatic imine (C=N–C) groups is 1. The molecule has 0 aliphatic rings. The molecular formula is C19H35IN4O. The van der Waals surface area contributed by atoms with Gasteiger partial charge in [0.05, 0.1) is 7.11 Å². The molecule has 0 amide bonds. The van der Waals surface area contributed by atoms with Gasteiger partial charge in [-0.05, 0) is 45.7 Å². The van der Waals surface area contributed by atoms with E-state index in [0.29, 0.717) is 12.1 Å². The Kier molecular flexibility index (Phi) is 12.7. The van der Waals surface area contributed by atoms with Crippen LogP contribution in [0.4, 0.5) is 0 Å². The number of hydrogen-bond donors (Lipinski definition) is 2. The summed E-state index contributed by atoms with van der Waals surface area (Å²) in [6.07, 6.45) is 0.898. The Morgan fingerprint density at radius 3 is 2.24 bits per heavy atom. The number of halogens is 1. The lowest BCUT2D eigenvalue weighted by atomic mass is 10.1. The summed E-state index contributed by atoms with van der Waals surface area (Å²) in [7, 11) is 3.52. The number of rotatable bonds is 9. The van der Waals surface area contributed by atoms with Crippen LogP contribution in [0.15, 0.2) is 29.3 Å². The van der Waals surface area contributed by atoms with Crippen LogP contribution in [0.25, 0.3) is 0 Å². The number of guanidine groups is 1. The topological polar surface area (TPSA) is 48.9 Å². The summed E-state index contributed by atoms with van der Waals surface area (Å²) >= 11 is 0. The van der Waals surface area contributed by atoms with Crippen LogP contribution >= 0.6 is 24.0 Å². The zero-order valence-corrected chi connectivity index (χ0v) is 18.8. The summed E-state index contributed by atoms with van der Waals surface area (Å²) < 4.78 is 5.39. The highest BCUT2D eigenvalue weighted by atomic mass is 127. The average Bonchev–Trinajstić information content (AvgIpc) is 2.56. The smallest absolute Gasteiger partial charge is 0.191 e. The average molecular weight is 462 g/mol. The first kappa shape index (κ1) is 24.0. The summed E-state index contributed by atoms with van der Waals surface area (Å²) in [4.78, 5) is 6.76. The highest BCUT2D eigenvalue weighted by Crippen LogP contribution is 2.17. The van der Waals surface area contributed by atoms with Crippen LogP contribution in [-0.4, -0.2) is 56.7 Å². The van der Waals surface area contributed by atoms with Crippen molar-refractivity contribution in [3.05, 3.63) is 29.8 Å². The van der Waals surface area contributed by atoms with Gasteiger partial charge < -0.3 is 15.4 Å². The molecule has 0 radical (unpaired) electrons. The Morgan fingerprint density at radius 1 is 1.08 bits per heavy atom. The lowest BCUT2D eigenvalue weighted by Gasteiger charge is -2.30. The number of methoxy groups -OCH3 is 1. The Labute approximate surface area is 170 Å². The van der Waals surface area contributed by atoms with Gasteiger partial charge in [-0.1, -0.05) is 18.2 Å². The largest absolute Gasteiger partial charge is 0.496 e. The van der Waals surface area contributed by atoms with Crippen LogP contribution in [-0.2, 0) is 6.42 Å². The van der Waals surface area contributed by atoms with Crippen LogP contribution in [0.1, 0.15) is 33.3 Å². The SMILES string of the molecule is CN=C(NCCc1ccccc1OC)NCCN(C(C)C)C(C)C.I. The maximum absolute atomic E-state index is 5.39. The summed E-state index contributed by atoms with van der Waals surface area (Å²) in [6, 6.07) is 9.22. The van der Waals surface area contributed by atoms with Gasteiger partial charge in [0.1, 0.15) is 5.75 Å². The van der Waals surface area contributed by atoms with Gasteiger partial charge in [0.15, 0.2) is 5.96 Å². The number of para-hydroxylation sites is 1. The van der Waals surface area contributed by atoms with Gasteiger partial charge in [-0.25, -0.2) is 0 Å². The van der Waals surface area contributed by atoms with Crippen LogP contribution < -0.4 is 15.4 Å². The second kappa shape index (κ2) is 13.2. The van der Waals surface area contributed by atoms with E-state index in [0.717, 1.165) is 37.8 Å². The van der Waals surface area contributed by atoms with E-state index in [2.05, 4.69) is 54.3 Å². The molecular weight excluding hydrogens is 427 g/mol. The maximum Gasteiger partial charge on any atom is 0.191 e. The summed E-state index contributed by atoms with van der Waals surface area (Å²) in [5.41, 5.74) is 1.20. The minimum Gasteiger partial charge on any atom is -0.496 e. The third-order valence-electron chi connectivity index (χ3n) is 4.09. The Hall–Kier alpha value is -1.02. The molecule has 0 spiro atoms. The van der Waals surface area contributed by atoms with E-state index >= 15 is 0 Å². The molecule has 5 nitrogen and oxygen atoms in total. The fourth-order valence-electron chi connectivity index (χ4n) is 2.86. The molecule has 0 aliphatic carbocycles. The van der Waals surface area contributed by atoms with Gasteiger partial charge in [0.25, 0.3) is 0 Å². The van der Waals surface area contributed by atoms with Crippen molar-refractivity contribution < 1.29 is 4.74 Å². The molecule has 1 aromatic carbocycles. The summed E-state index contributed by atoms with van der Waals surface area (Å²) in [6.45, 7) is 11.6. The predicted molar refractivity (Wildman–Crippen MR) is 118 cm³/mol. The third kappa shape index (κ3) is 8.76. The van der Waals surface area contributed by atoms with Crippen molar-refractivity contribution in [2.75, 3.05) is 33.8 Å². The first-order chi connectivity index (χ1) is 11.5. The normalized spacial score (nSPS) is 11.6. The molecule has 1 aromatic rings. The van der Waals surface area contributed by atoms with Crippen molar-refractivity contribution in [2.24, 2.45) is 4.99 Å². The van der Waals surface area contributed by atoms with E-state index < -0.39 is 0 Å². The van der Waals surface area contributed by atoms with Crippen molar-refractivity contribution in [1.29, 1.82) is 0 Å². The predicted octanol–water partition coefficient (Wildman–Crippen LogP) is 3.14. The quantitative estimate of drug-likeness (QED) is 0.337. The van der Waals surface area contributed by atoms with Gasteiger partial charge in [-0.15, -0.1) is 24.0 Å². The van der Waals surface area contributed by atoms with Crippen LogP contribution in [0, 0.1) is 0 Å². The molecule has 0 aromatic heterocycles.